The molecule has 3 rings (SSSR count). The zero-order valence-corrected chi connectivity index (χ0v) is 12.8. The zero-order valence-electron chi connectivity index (χ0n) is 12.8. The largest absolute Gasteiger partial charge is 0.361 e. The average molecular weight is 278 g/mol. The Bertz CT molecular complexity index is 711. The maximum atomic E-state index is 3.38. The van der Waals surface area contributed by atoms with Crippen molar-refractivity contribution < 1.29 is 0 Å². The van der Waals surface area contributed by atoms with Crippen LogP contribution >= 0.6 is 0 Å². The summed E-state index contributed by atoms with van der Waals surface area (Å²) in [4.78, 5) is 5.61. The van der Waals surface area contributed by atoms with Crippen LogP contribution in [-0.4, -0.2) is 30.5 Å². The van der Waals surface area contributed by atoms with Crippen LogP contribution in [0.1, 0.15) is 16.7 Å². The van der Waals surface area contributed by atoms with Gasteiger partial charge in [-0.05, 0) is 55.8 Å². The van der Waals surface area contributed by atoms with E-state index in [0.717, 1.165) is 19.4 Å². The Morgan fingerprint density at radius 1 is 0.952 bits per heavy atom. The van der Waals surface area contributed by atoms with E-state index in [0.29, 0.717) is 0 Å². The van der Waals surface area contributed by atoms with Crippen LogP contribution in [0.4, 0.5) is 0 Å². The number of nitrogens with zero attached hydrogens (tertiary/aromatic N) is 1. The second-order valence-corrected chi connectivity index (χ2v) is 5.91. The summed E-state index contributed by atoms with van der Waals surface area (Å²) in [5, 5.41) is 1.37. The van der Waals surface area contributed by atoms with Crippen LogP contribution in [0.15, 0.2) is 54.7 Å². The fourth-order valence-electron chi connectivity index (χ4n) is 2.72. The Morgan fingerprint density at radius 2 is 1.76 bits per heavy atom. The number of rotatable bonds is 5. The Balaban J connectivity index is 1.86. The second kappa shape index (κ2) is 6.15. The molecule has 1 N–H and O–H groups in total. The predicted molar refractivity (Wildman–Crippen MR) is 89.8 cm³/mol. The highest BCUT2D eigenvalue weighted by atomic mass is 15.0. The summed E-state index contributed by atoms with van der Waals surface area (Å²) in [5.41, 5.74) is 5.39. The highest BCUT2D eigenvalue weighted by Gasteiger charge is 2.06. The maximum Gasteiger partial charge on any atom is 0.0456 e. The fraction of sp³-hybridized carbons (Fsp3) is 0.263. The van der Waals surface area contributed by atoms with Gasteiger partial charge in [0.15, 0.2) is 0 Å². The molecule has 2 heteroatoms. The molecule has 0 aliphatic rings. The van der Waals surface area contributed by atoms with Crippen molar-refractivity contribution in [3.05, 3.63) is 71.4 Å². The lowest BCUT2D eigenvalue weighted by atomic mass is 10.0. The lowest BCUT2D eigenvalue weighted by molar-refractivity contribution is 0.414. The molecule has 1 aromatic heterocycles. The minimum absolute atomic E-state index is 0.995. The van der Waals surface area contributed by atoms with Gasteiger partial charge in [0, 0.05) is 23.6 Å². The quantitative estimate of drug-likeness (QED) is 0.751. The number of aromatic nitrogens is 1. The van der Waals surface area contributed by atoms with Crippen molar-refractivity contribution in [2.45, 2.75) is 12.8 Å². The molecule has 0 fully saturated rings. The molecule has 0 saturated heterocycles. The monoisotopic (exact) mass is 278 g/mol. The molecular formula is C19H22N2. The highest BCUT2D eigenvalue weighted by Crippen LogP contribution is 2.22. The third-order valence-corrected chi connectivity index (χ3v) is 3.91. The van der Waals surface area contributed by atoms with Crippen LogP contribution in [0.25, 0.3) is 10.9 Å². The summed E-state index contributed by atoms with van der Waals surface area (Å²) < 4.78 is 0. The number of hydrogen-bond donors (Lipinski definition) is 1. The molecule has 0 amide bonds. The minimum atomic E-state index is 0.995. The van der Waals surface area contributed by atoms with Gasteiger partial charge in [-0.1, -0.05) is 36.4 Å². The summed E-state index contributed by atoms with van der Waals surface area (Å²) >= 11 is 0. The first-order chi connectivity index (χ1) is 10.2. The van der Waals surface area contributed by atoms with Crippen molar-refractivity contribution in [1.82, 2.24) is 9.88 Å². The van der Waals surface area contributed by atoms with E-state index in [-0.39, 0.29) is 0 Å². The average Bonchev–Trinajstić information content (AvgIpc) is 2.88. The summed E-state index contributed by atoms with van der Waals surface area (Å²) in [6.45, 7) is 1.08. The summed E-state index contributed by atoms with van der Waals surface area (Å²) in [6, 6.07) is 17.4. The van der Waals surface area contributed by atoms with Crippen molar-refractivity contribution in [3.63, 3.8) is 0 Å². The molecule has 0 aliphatic heterocycles. The molecule has 0 aliphatic carbocycles. The van der Waals surface area contributed by atoms with Gasteiger partial charge in [-0.15, -0.1) is 0 Å². The van der Waals surface area contributed by atoms with Crippen LogP contribution < -0.4 is 0 Å². The number of hydrogen-bond acceptors (Lipinski definition) is 1. The lowest BCUT2D eigenvalue weighted by Gasteiger charge is -2.08. The Morgan fingerprint density at radius 3 is 2.52 bits per heavy atom. The van der Waals surface area contributed by atoms with Crippen LogP contribution in [0.2, 0.25) is 0 Å². The molecule has 0 atom stereocenters. The van der Waals surface area contributed by atoms with E-state index < -0.39 is 0 Å². The molecule has 2 nitrogen and oxygen atoms in total. The van der Waals surface area contributed by atoms with Crippen LogP contribution in [-0.2, 0) is 12.8 Å². The van der Waals surface area contributed by atoms with Gasteiger partial charge < -0.3 is 9.88 Å². The van der Waals surface area contributed by atoms with Crippen molar-refractivity contribution in [2.75, 3.05) is 20.6 Å². The summed E-state index contributed by atoms with van der Waals surface area (Å²) in [6.07, 6.45) is 4.23. The van der Waals surface area contributed by atoms with Gasteiger partial charge in [0.2, 0.25) is 0 Å². The number of fused-ring (bicyclic) bond motifs is 1. The van der Waals surface area contributed by atoms with Crippen molar-refractivity contribution >= 4 is 10.9 Å². The van der Waals surface area contributed by atoms with Crippen LogP contribution in [0.5, 0.6) is 0 Å². The number of nitrogens with one attached hydrogen (secondary N) is 1. The van der Waals surface area contributed by atoms with E-state index in [4.69, 9.17) is 0 Å². The third kappa shape index (κ3) is 3.34. The van der Waals surface area contributed by atoms with Crippen molar-refractivity contribution in [3.8, 4) is 0 Å². The smallest absolute Gasteiger partial charge is 0.0456 e. The maximum absolute atomic E-state index is 3.38. The topological polar surface area (TPSA) is 19.0 Å². The molecule has 0 unspecified atom stereocenters. The summed E-state index contributed by atoms with van der Waals surface area (Å²) in [5.74, 6) is 0. The molecule has 21 heavy (non-hydrogen) atoms. The van der Waals surface area contributed by atoms with Gasteiger partial charge >= 0.3 is 0 Å². The minimum Gasteiger partial charge on any atom is -0.361 e. The van der Waals surface area contributed by atoms with Gasteiger partial charge in [-0.2, -0.15) is 0 Å². The van der Waals surface area contributed by atoms with Gasteiger partial charge in [-0.3, -0.25) is 0 Å². The SMILES string of the molecule is CN(C)CCc1c[nH]c2ccc(Cc3ccccc3)cc12. The Hall–Kier alpha value is -2.06. The van der Waals surface area contributed by atoms with Crippen molar-refractivity contribution in [2.24, 2.45) is 0 Å². The van der Waals surface area contributed by atoms with E-state index in [1.54, 1.807) is 0 Å². The van der Waals surface area contributed by atoms with Crippen LogP contribution in [0, 0.1) is 0 Å². The molecule has 108 valence electrons. The van der Waals surface area contributed by atoms with Gasteiger partial charge in [-0.25, -0.2) is 0 Å². The third-order valence-electron chi connectivity index (χ3n) is 3.91. The molecule has 0 saturated carbocycles. The molecular weight excluding hydrogens is 256 g/mol. The van der Waals surface area contributed by atoms with Crippen LogP contribution in [0.3, 0.4) is 0 Å². The lowest BCUT2D eigenvalue weighted by Crippen LogP contribution is -2.14. The Labute approximate surface area is 126 Å². The van der Waals surface area contributed by atoms with Gasteiger partial charge in [0.05, 0.1) is 0 Å². The standard InChI is InChI=1S/C19H22N2/c1-21(2)11-10-17-14-20-19-9-8-16(13-18(17)19)12-15-6-4-3-5-7-15/h3-9,13-14,20H,10-12H2,1-2H3. The zero-order chi connectivity index (χ0) is 14.7. The van der Waals surface area contributed by atoms with Gasteiger partial charge in [0.1, 0.15) is 0 Å². The Kier molecular flexibility index (Phi) is 4.07. The molecule has 0 spiro atoms. The first kappa shape index (κ1) is 13.9. The molecule has 1 heterocycles. The van der Waals surface area contributed by atoms with E-state index in [9.17, 15) is 0 Å². The molecule has 2 aromatic carbocycles. The highest BCUT2D eigenvalue weighted by molar-refractivity contribution is 5.84. The predicted octanol–water partition coefficient (Wildman–Crippen LogP) is 3.86. The normalized spacial score (nSPS) is 11.4. The summed E-state index contributed by atoms with van der Waals surface area (Å²) in [7, 11) is 4.24. The van der Waals surface area contributed by atoms with E-state index in [1.165, 1.54) is 27.6 Å². The van der Waals surface area contributed by atoms with Crippen molar-refractivity contribution in [1.29, 1.82) is 0 Å². The molecule has 0 radical (unpaired) electrons. The number of aromatic amines is 1. The first-order valence-electron chi connectivity index (χ1n) is 7.50. The van der Waals surface area contributed by atoms with E-state index >= 15 is 0 Å². The van der Waals surface area contributed by atoms with E-state index in [2.05, 4.69) is 78.7 Å². The molecule has 3 aromatic rings. The second-order valence-electron chi connectivity index (χ2n) is 5.91. The number of likely N-dealkylation sites (N-methyl/N-ethyl adjacent to an activating group) is 1. The number of H-pyrrole nitrogens is 1. The van der Waals surface area contributed by atoms with E-state index in [1.807, 2.05) is 0 Å². The first-order valence-corrected chi connectivity index (χ1v) is 7.50. The van der Waals surface area contributed by atoms with Gasteiger partial charge in [0.25, 0.3) is 0 Å². The molecule has 0 bridgehead atoms. The number of benzene rings is 2. The fourth-order valence-corrected chi connectivity index (χ4v) is 2.72.